The highest BCUT2D eigenvalue weighted by molar-refractivity contribution is 7.89. The smallest absolute Gasteiger partial charge is 0.304 e. The predicted molar refractivity (Wildman–Crippen MR) is 80.2 cm³/mol. The molecule has 0 saturated heterocycles. The lowest BCUT2D eigenvalue weighted by molar-refractivity contribution is -0.137. The Bertz CT molecular complexity index is 714. The molecule has 0 unspecified atom stereocenters. The van der Waals surface area contributed by atoms with Crippen LogP contribution < -0.4 is 4.90 Å². The molecule has 1 aliphatic heterocycles. The maximum absolute atomic E-state index is 12.4. The van der Waals surface area contributed by atoms with Crippen LogP contribution in [0.3, 0.4) is 0 Å². The summed E-state index contributed by atoms with van der Waals surface area (Å²) >= 11 is 0. The zero-order valence-corrected chi connectivity index (χ0v) is 13.3. The molecule has 0 fully saturated rings. The Morgan fingerprint density at radius 2 is 2.05 bits per heavy atom. The van der Waals surface area contributed by atoms with Gasteiger partial charge in [-0.15, -0.1) is 0 Å². The number of nitrogens with zero attached hydrogens (tertiary/aromatic N) is 2. The van der Waals surface area contributed by atoms with Crippen molar-refractivity contribution in [1.82, 2.24) is 4.31 Å². The summed E-state index contributed by atoms with van der Waals surface area (Å²) in [4.78, 5) is 23.8. The quantitative estimate of drug-likeness (QED) is 0.859. The average Bonchev–Trinajstić information content (AvgIpc) is 2.87. The van der Waals surface area contributed by atoms with E-state index in [4.69, 9.17) is 5.11 Å². The second-order valence-corrected chi connectivity index (χ2v) is 7.23. The Balaban J connectivity index is 2.27. The number of aliphatic carboxylic acids is 1. The second-order valence-electron chi connectivity index (χ2n) is 5.18. The highest BCUT2D eigenvalue weighted by atomic mass is 32.2. The molecule has 1 aromatic carbocycles. The van der Waals surface area contributed by atoms with Gasteiger partial charge in [0.2, 0.25) is 15.9 Å². The zero-order chi connectivity index (χ0) is 16.5. The first-order valence-corrected chi connectivity index (χ1v) is 8.26. The molecule has 7 nitrogen and oxygen atoms in total. The second kappa shape index (κ2) is 6.05. The van der Waals surface area contributed by atoms with Crippen molar-refractivity contribution in [1.29, 1.82) is 0 Å². The summed E-state index contributed by atoms with van der Waals surface area (Å²) in [7, 11) is -2.37. The third kappa shape index (κ3) is 3.12. The van der Waals surface area contributed by atoms with Gasteiger partial charge < -0.3 is 10.0 Å². The van der Waals surface area contributed by atoms with Crippen molar-refractivity contribution in [2.75, 3.05) is 25.0 Å². The predicted octanol–water partition coefficient (Wildman–Crippen LogP) is 0.691. The summed E-state index contributed by atoms with van der Waals surface area (Å²) in [6, 6.07) is 4.64. The largest absolute Gasteiger partial charge is 0.481 e. The van der Waals surface area contributed by atoms with E-state index in [0.717, 1.165) is 15.6 Å². The van der Waals surface area contributed by atoms with Crippen LogP contribution in [-0.2, 0) is 26.0 Å². The van der Waals surface area contributed by atoms with Gasteiger partial charge in [-0.05, 0) is 30.2 Å². The molecule has 1 amide bonds. The Morgan fingerprint density at radius 1 is 1.36 bits per heavy atom. The van der Waals surface area contributed by atoms with Gasteiger partial charge in [-0.25, -0.2) is 12.7 Å². The van der Waals surface area contributed by atoms with Gasteiger partial charge in [0.25, 0.3) is 0 Å². The third-order valence-corrected chi connectivity index (χ3v) is 5.53. The molecule has 0 radical (unpaired) electrons. The number of carbonyl (C=O) groups is 2. The standard InChI is InChI=1S/C14H18N2O5S/c1-10(17)16-8-5-11-9-12(3-4-13(11)16)22(20,21)15(2)7-6-14(18)19/h3-4,9H,5-8H2,1-2H3,(H,18,19). The fraction of sp³-hybridized carbons (Fsp3) is 0.429. The molecule has 8 heteroatoms. The highest BCUT2D eigenvalue weighted by Gasteiger charge is 2.26. The molecule has 0 spiro atoms. The number of fused-ring (bicyclic) bond motifs is 1. The number of hydrogen-bond donors (Lipinski definition) is 1. The van der Waals surface area contributed by atoms with Crippen LogP contribution in [0.25, 0.3) is 0 Å². The van der Waals surface area contributed by atoms with Gasteiger partial charge in [0.1, 0.15) is 0 Å². The van der Waals surface area contributed by atoms with Crippen molar-refractivity contribution in [2.45, 2.75) is 24.7 Å². The van der Waals surface area contributed by atoms with Gasteiger partial charge in [0.05, 0.1) is 11.3 Å². The summed E-state index contributed by atoms with van der Waals surface area (Å²) in [5.74, 6) is -1.12. The van der Waals surface area contributed by atoms with E-state index in [1.807, 2.05) is 0 Å². The first-order valence-electron chi connectivity index (χ1n) is 6.82. The Hall–Kier alpha value is -1.93. The van der Waals surface area contributed by atoms with E-state index < -0.39 is 16.0 Å². The van der Waals surface area contributed by atoms with Crippen molar-refractivity contribution in [3.63, 3.8) is 0 Å². The van der Waals surface area contributed by atoms with E-state index in [2.05, 4.69) is 0 Å². The van der Waals surface area contributed by atoms with Crippen LogP contribution in [-0.4, -0.2) is 49.8 Å². The van der Waals surface area contributed by atoms with E-state index in [9.17, 15) is 18.0 Å². The van der Waals surface area contributed by atoms with Gasteiger partial charge in [-0.2, -0.15) is 0 Å². The monoisotopic (exact) mass is 326 g/mol. The molecule has 1 aliphatic rings. The number of rotatable bonds is 5. The Kier molecular flexibility index (Phi) is 4.52. The number of carbonyl (C=O) groups excluding carboxylic acids is 1. The summed E-state index contributed by atoms with van der Waals surface area (Å²) in [5.41, 5.74) is 1.54. The number of anilines is 1. The van der Waals surface area contributed by atoms with E-state index in [0.29, 0.717) is 13.0 Å². The summed E-state index contributed by atoms with van der Waals surface area (Å²) in [5, 5.41) is 8.65. The van der Waals surface area contributed by atoms with Gasteiger partial charge in [-0.1, -0.05) is 0 Å². The molecule has 0 bridgehead atoms. The SMILES string of the molecule is CC(=O)N1CCc2cc(S(=O)(=O)N(C)CCC(=O)O)ccc21. The van der Waals surface area contributed by atoms with Crippen molar-refractivity contribution in [3.05, 3.63) is 23.8 Å². The zero-order valence-electron chi connectivity index (χ0n) is 12.4. The molecule has 1 heterocycles. The Morgan fingerprint density at radius 3 is 2.64 bits per heavy atom. The van der Waals surface area contributed by atoms with Gasteiger partial charge in [0.15, 0.2) is 0 Å². The molecule has 0 saturated carbocycles. The van der Waals surface area contributed by atoms with Gasteiger partial charge in [0, 0.05) is 32.7 Å². The number of carboxylic acid groups (broad SMARTS) is 1. The van der Waals surface area contributed by atoms with E-state index >= 15 is 0 Å². The van der Waals surface area contributed by atoms with Crippen molar-refractivity contribution in [2.24, 2.45) is 0 Å². The van der Waals surface area contributed by atoms with Crippen LogP contribution in [0.15, 0.2) is 23.1 Å². The van der Waals surface area contributed by atoms with E-state index in [1.165, 1.54) is 20.0 Å². The van der Waals surface area contributed by atoms with Gasteiger partial charge in [-0.3, -0.25) is 9.59 Å². The lowest BCUT2D eigenvalue weighted by atomic mass is 10.2. The molecule has 120 valence electrons. The average molecular weight is 326 g/mol. The molecule has 0 atom stereocenters. The van der Waals surface area contributed by atoms with Crippen molar-refractivity contribution < 1.29 is 23.1 Å². The third-order valence-electron chi connectivity index (χ3n) is 3.68. The Labute approximate surface area is 129 Å². The molecular formula is C14H18N2O5S. The maximum Gasteiger partial charge on any atom is 0.304 e. The first kappa shape index (κ1) is 16.4. The molecular weight excluding hydrogens is 308 g/mol. The highest BCUT2D eigenvalue weighted by Crippen LogP contribution is 2.30. The van der Waals surface area contributed by atoms with Crippen LogP contribution >= 0.6 is 0 Å². The molecule has 0 aliphatic carbocycles. The molecule has 2 rings (SSSR count). The van der Waals surface area contributed by atoms with Crippen LogP contribution in [0, 0.1) is 0 Å². The summed E-state index contributed by atoms with van der Waals surface area (Å²) in [6.45, 7) is 1.93. The van der Waals surface area contributed by atoms with Crippen LogP contribution in [0.1, 0.15) is 18.9 Å². The lowest BCUT2D eigenvalue weighted by Gasteiger charge is -2.18. The van der Waals surface area contributed by atoms with Gasteiger partial charge >= 0.3 is 5.97 Å². The van der Waals surface area contributed by atoms with Crippen LogP contribution in [0.2, 0.25) is 0 Å². The first-order chi connectivity index (χ1) is 10.2. The topological polar surface area (TPSA) is 95.0 Å². The molecule has 22 heavy (non-hydrogen) atoms. The minimum atomic E-state index is -3.73. The number of hydrogen-bond acceptors (Lipinski definition) is 4. The molecule has 1 aromatic rings. The number of amides is 1. The van der Waals surface area contributed by atoms with Crippen LogP contribution in [0.4, 0.5) is 5.69 Å². The summed E-state index contributed by atoms with van der Waals surface area (Å²) in [6.07, 6.45) is 0.357. The fourth-order valence-electron chi connectivity index (χ4n) is 2.42. The molecule has 1 N–H and O–H groups in total. The fourth-order valence-corrected chi connectivity index (χ4v) is 3.64. The minimum absolute atomic E-state index is 0.0760. The van der Waals surface area contributed by atoms with Crippen molar-refractivity contribution in [3.8, 4) is 0 Å². The van der Waals surface area contributed by atoms with E-state index in [-0.39, 0.29) is 23.8 Å². The number of sulfonamides is 1. The lowest BCUT2D eigenvalue weighted by Crippen LogP contribution is -2.29. The van der Waals surface area contributed by atoms with Crippen LogP contribution in [0.5, 0.6) is 0 Å². The number of carboxylic acids is 1. The summed E-state index contributed by atoms with van der Waals surface area (Å²) < 4.78 is 25.9. The minimum Gasteiger partial charge on any atom is -0.481 e. The maximum atomic E-state index is 12.4. The number of benzene rings is 1. The van der Waals surface area contributed by atoms with Crippen molar-refractivity contribution >= 4 is 27.6 Å². The van der Waals surface area contributed by atoms with E-state index in [1.54, 1.807) is 17.0 Å². The molecule has 0 aromatic heterocycles. The normalized spacial score (nSPS) is 14.2.